The number of aliphatic hydroxyl groups excluding tert-OH is 1. The molecule has 16 heavy (non-hydrogen) atoms. The van der Waals surface area contributed by atoms with E-state index in [1.54, 1.807) is 0 Å². The largest absolute Gasteiger partial charge is 0.395 e. The number of halogens is 1. The SMILES string of the molecule is CC(CO)NC1C(=O)Nc2cccc(Br)c21. The van der Waals surface area contributed by atoms with E-state index in [2.05, 4.69) is 26.6 Å². The van der Waals surface area contributed by atoms with Crippen LogP contribution in [0.5, 0.6) is 0 Å². The van der Waals surface area contributed by atoms with Crippen molar-refractivity contribution in [3.05, 3.63) is 28.2 Å². The minimum Gasteiger partial charge on any atom is -0.395 e. The Kier molecular flexibility index (Phi) is 3.28. The van der Waals surface area contributed by atoms with Gasteiger partial charge in [0.05, 0.1) is 6.61 Å². The van der Waals surface area contributed by atoms with E-state index in [0.717, 1.165) is 15.7 Å². The standard InChI is InChI=1S/C11H13BrN2O2/c1-6(5-15)13-10-9-7(12)3-2-4-8(9)14-11(10)16/h2-4,6,10,13,15H,5H2,1H3,(H,14,16). The summed E-state index contributed by atoms with van der Waals surface area (Å²) in [6, 6.07) is 5.13. The van der Waals surface area contributed by atoms with Crippen LogP contribution in [0.1, 0.15) is 18.5 Å². The van der Waals surface area contributed by atoms with Gasteiger partial charge in [0.15, 0.2) is 0 Å². The number of benzene rings is 1. The number of hydrogen-bond acceptors (Lipinski definition) is 3. The molecule has 5 heteroatoms. The average Bonchev–Trinajstić information content (AvgIpc) is 2.56. The van der Waals surface area contributed by atoms with Crippen molar-refractivity contribution in [2.75, 3.05) is 11.9 Å². The molecule has 1 aromatic rings. The highest BCUT2D eigenvalue weighted by Crippen LogP contribution is 2.36. The van der Waals surface area contributed by atoms with E-state index in [0.29, 0.717) is 0 Å². The molecule has 3 N–H and O–H groups in total. The Labute approximate surface area is 102 Å². The molecule has 4 nitrogen and oxygen atoms in total. The monoisotopic (exact) mass is 284 g/mol. The second-order valence-electron chi connectivity index (χ2n) is 3.87. The third-order valence-electron chi connectivity index (χ3n) is 2.59. The van der Waals surface area contributed by atoms with E-state index in [1.165, 1.54) is 0 Å². The summed E-state index contributed by atoms with van der Waals surface area (Å²) in [5.74, 6) is -0.0813. The van der Waals surface area contributed by atoms with Gasteiger partial charge >= 0.3 is 0 Å². The zero-order chi connectivity index (χ0) is 11.7. The van der Waals surface area contributed by atoms with Gasteiger partial charge in [0.1, 0.15) is 6.04 Å². The maximum Gasteiger partial charge on any atom is 0.246 e. The van der Waals surface area contributed by atoms with Crippen molar-refractivity contribution < 1.29 is 9.90 Å². The molecule has 1 aliphatic heterocycles. The third kappa shape index (κ3) is 1.98. The second kappa shape index (κ2) is 4.53. The summed E-state index contributed by atoms with van der Waals surface area (Å²) in [6.45, 7) is 1.84. The van der Waals surface area contributed by atoms with Crippen molar-refractivity contribution >= 4 is 27.5 Å². The molecule has 2 unspecified atom stereocenters. The van der Waals surface area contributed by atoms with Crippen molar-refractivity contribution in [1.29, 1.82) is 0 Å². The minimum atomic E-state index is -0.396. The lowest BCUT2D eigenvalue weighted by Gasteiger charge is -2.17. The fourth-order valence-corrected chi connectivity index (χ4v) is 2.37. The van der Waals surface area contributed by atoms with Crippen LogP contribution in [0.15, 0.2) is 22.7 Å². The molecule has 2 rings (SSSR count). The van der Waals surface area contributed by atoms with E-state index in [1.807, 2.05) is 25.1 Å². The van der Waals surface area contributed by atoms with Crippen molar-refractivity contribution in [2.24, 2.45) is 0 Å². The molecule has 1 aromatic carbocycles. The number of nitrogens with one attached hydrogen (secondary N) is 2. The van der Waals surface area contributed by atoms with E-state index in [-0.39, 0.29) is 18.6 Å². The Morgan fingerprint density at radius 1 is 1.62 bits per heavy atom. The van der Waals surface area contributed by atoms with Crippen LogP contribution in [0.3, 0.4) is 0 Å². The molecule has 1 heterocycles. The lowest BCUT2D eigenvalue weighted by atomic mass is 10.1. The van der Waals surface area contributed by atoms with Gasteiger partial charge in [-0.05, 0) is 19.1 Å². The predicted octanol–water partition coefficient (Wildman–Crippen LogP) is 1.41. The Bertz CT molecular complexity index is 422. The summed E-state index contributed by atoms with van der Waals surface area (Å²) >= 11 is 3.43. The quantitative estimate of drug-likeness (QED) is 0.787. The summed E-state index contributed by atoms with van der Waals surface area (Å²) in [4.78, 5) is 11.8. The summed E-state index contributed by atoms with van der Waals surface area (Å²) in [6.07, 6.45) is 0. The molecule has 0 radical (unpaired) electrons. The number of carbonyl (C=O) groups excluding carboxylic acids is 1. The second-order valence-corrected chi connectivity index (χ2v) is 4.73. The zero-order valence-electron chi connectivity index (χ0n) is 8.83. The molecule has 2 atom stereocenters. The Morgan fingerprint density at radius 2 is 2.38 bits per heavy atom. The van der Waals surface area contributed by atoms with E-state index >= 15 is 0 Å². The molecule has 0 saturated heterocycles. The number of aliphatic hydroxyl groups is 1. The van der Waals surface area contributed by atoms with Crippen LogP contribution in [0, 0.1) is 0 Å². The van der Waals surface area contributed by atoms with Gasteiger partial charge in [0.25, 0.3) is 0 Å². The normalized spacial score (nSPS) is 20.4. The Hall–Kier alpha value is -0.910. The first-order chi connectivity index (χ1) is 7.63. The molecule has 86 valence electrons. The first-order valence-corrected chi connectivity index (χ1v) is 5.89. The fourth-order valence-electron chi connectivity index (χ4n) is 1.77. The molecule has 0 spiro atoms. The van der Waals surface area contributed by atoms with Crippen LogP contribution in [0.4, 0.5) is 5.69 Å². The van der Waals surface area contributed by atoms with Crippen molar-refractivity contribution in [3.8, 4) is 0 Å². The summed E-state index contributed by atoms with van der Waals surface area (Å²) in [5, 5.41) is 14.9. The highest BCUT2D eigenvalue weighted by atomic mass is 79.9. The molecule has 1 amide bonds. The molecule has 0 bridgehead atoms. The highest BCUT2D eigenvalue weighted by molar-refractivity contribution is 9.10. The first-order valence-electron chi connectivity index (χ1n) is 5.09. The minimum absolute atomic E-state index is 0.00354. The lowest BCUT2D eigenvalue weighted by Crippen LogP contribution is -2.36. The summed E-state index contributed by atoms with van der Waals surface area (Å²) in [5.41, 5.74) is 1.73. The maximum atomic E-state index is 11.8. The van der Waals surface area contributed by atoms with Gasteiger partial charge < -0.3 is 10.4 Å². The smallest absolute Gasteiger partial charge is 0.246 e. The van der Waals surface area contributed by atoms with Crippen molar-refractivity contribution in [2.45, 2.75) is 19.0 Å². The lowest BCUT2D eigenvalue weighted by molar-refractivity contribution is -0.117. The highest BCUT2D eigenvalue weighted by Gasteiger charge is 2.32. The summed E-state index contributed by atoms with van der Waals surface area (Å²) < 4.78 is 0.894. The molecule has 1 aliphatic rings. The van der Waals surface area contributed by atoms with Crippen LogP contribution in [-0.4, -0.2) is 23.7 Å². The van der Waals surface area contributed by atoms with Gasteiger partial charge in [-0.3, -0.25) is 10.1 Å². The van der Waals surface area contributed by atoms with Gasteiger partial charge in [0.2, 0.25) is 5.91 Å². The predicted molar refractivity (Wildman–Crippen MR) is 65.2 cm³/mol. The van der Waals surface area contributed by atoms with E-state index in [9.17, 15) is 4.79 Å². The van der Waals surface area contributed by atoms with Gasteiger partial charge in [-0.15, -0.1) is 0 Å². The van der Waals surface area contributed by atoms with Crippen LogP contribution in [-0.2, 0) is 4.79 Å². The number of anilines is 1. The van der Waals surface area contributed by atoms with Crippen LogP contribution in [0.25, 0.3) is 0 Å². The third-order valence-corrected chi connectivity index (χ3v) is 3.28. The van der Waals surface area contributed by atoms with Crippen LogP contribution in [0.2, 0.25) is 0 Å². The molecule has 0 aliphatic carbocycles. The summed E-state index contributed by atoms with van der Waals surface area (Å²) in [7, 11) is 0. The molecular weight excluding hydrogens is 272 g/mol. The number of carbonyl (C=O) groups is 1. The Balaban J connectivity index is 2.32. The van der Waals surface area contributed by atoms with Gasteiger partial charge in [0, 0.05) is 21.8 Å². The molecule has 0 aromatic heterocycles. The van der Waals surface area contributed by atoms with Gasteiger partial charge in [-0.1, -0.05) is 22.0 Å². The number of amides is 1. The van der Waals surface area contributed by atoms with Gasteiger partial charge in [-0.2, -0.15) is 0 Å². The number of fused-ring (bicyclic) bond motifs is 1. The van der Waals surface area contributed by atoms with Gasteiger partial charge in [-0.25, -0.2) is 0 Å². The van der Waals surface area contributed by atoms with Crippen LogP contribution < -0.4 is 10.6 Å². The molecule has 0 saturated carbocycles. The molecular formula is C11H13BrN2O2. The first kappa shape index (κ1) is 11.6. The van der Waals surface area contributed by atoms with E-state index in [4.69, 9.17) is 5.11 Å². The van der Waals surface area contributed by atoms with Crippen molar-refractivity contribution in [3.63, 3.8) is 0 Å². The maximum absolute atomic E-state index is 11.8. The van der Waals surface area contributed by atoms with E-state index < -0.39 is 6.04 Å². The molecule has 0 fully saturated rings. The Morgan fingerprint density at radius 3 is 3.06 bits per heavy atom. The number of hydrogen-bond donors (Lipinski definition) is 3. The number of rotatable bonds is 3. The fraction of sp³-hybridized carbons (Fsp3) is 0.364. The topological polar surface area (TPSA) is 61.4 Å². The van der Waals surface area contributed by atoms with Crippen LogP contribution >= 0.6 is 15.9 Å². The zero-order valence-corrected chi connectivity index (χ0v) is 10.4. The van der Waals surface area contributed by atoms with Crippen molar-refractivity contribution in [1.82, 2.24) is 5.32 Å². The average molecular weight is 285 g/mol.